The molecule has 5 nitrogen and oxygen atoms in total. The van der Waals surface area contributed by atoms with E-state index in [0.29, 0.717) is 29.5 Å². The number of halogens is 1. The summed E-state index contributed by atoms with van der Waals surface area (Å²) >= 11 is 5.98. The summed E-state index contributed by atoms with van der Waals surface area (Å²) < 4.78 is 11.2. The van der Waals surface area contributed by atoms with Gasteiger partial charge in [0.2, 0.25) is 5.91 Å². The molecule has 2 aromatic carbocycles. The quantitative estimate of drug-likeness (QED) is 0.516. The highest BCUT2D eigenvalue weighted by Gasteiger charge is 2.06. The van der Waals surface area contributed by atoms with Gasteiger partial charge in [0, 0.05) is 11.4 Å². The number of carbonyl (C=O) groups excluding carboxylic acids is 1. The van der Waals surface area contributed by atoms with Crippen molar-refractivity contribution in [2.45, 2.75) is 32.8 Å². The molecule has 26 heavy (non-hydrogen) atoms. The Balaban J connectivity index is 1.97. The van der Waals surface area contributed by atoms with Crippen molar-refractivity contribution >= 4 is 23.7 Å². The fraction of sp³-hybridized carbons (Fsp3) is 0.300. The van der Waals surface area contributed by atoms with E-state index in [2.05, 4.69) is 10.5 Å². The van der Waals surface area contributed by atoms with Crippen molar-refractivity contribution in [1.29, 1.82) is 0 Å². The average molecular weight is 375 g/mol. The van der Waals surface area contributed by atoms with E-state index in [9.17, 15) is 4.79 Å². The average Bonchev–Trinajstić information content (AvgIpc) is 2.65. The topological polar surface area (TPSA) is 59.9 Å². The van der Waals surface area contributed by atoms with Crippen LogP contribution in [0.5, 0.6) is 11.5 Å². The molecule has 1 N–H and O–H groups in total. The van der Waals surface area contributed by atoms with Gasteiger partial charge in [-0.05, 0) is 47.9 Å². The molecule has 0 saturated carbocycles. The Labute approximate surface area is 159 Å². The van der Waals surface area contributed by atoms with Crippen LogP contribution in [0.15, 0.2) is 47.6 Å². The van der Waals surface area contributed by atoms with Crippen molar-refractivity contribution in [3.63, 3.8) is 0 Å². The van der Waals surface area contributed by atoms with Crippen LogP contribution < -0.4 is 14.9 Å². The first-order valence-corrected chi connectivity index (χ1v) is 8.87. The lowest BCUT2D eigenvalue weighted by Gasteiger charge is -2.11. The van der Waals surface area contributed by atoms with E-state index in [-0.39, 0.29) is 5.91 Å². The molecule has 0 aliphatic rings. The van der Waals surface area contributed by atoms with Gasteiger partial charge in [0.05, 0.1) is 13.3 Å². The fourth-order valence-electron chi connectivity index (χ4n) is 2.24. The number of carbonyl (C=O) groups is 1. The van der Waals surface area contributed by atoms with Gasteiger partial charge in [-0.3, -0.25) is 4.79 Å². The predicted octanol–water partition coefficient (Wildman–Crippen LogP) is 4.57. The van der Waals surface area contributed by atoms with E-state index in [0.717, 1.165) is 24.0 Å². The molecule has 0 aliphatic carbocycles. The summed E-state index contributed by atoms with van der Waals surface area (Å²) in [6.45, 7) is 2.43. The lowest BCUT2D eigenvalue weighted by atomic mass is 10.2. The molecule has 2 aromatic rings. The molecule has 0 bridgehead atoms. The SMILES string of the molecule is CCCCC(=O)N/N=C/c1ccc(OCc2cccc(Cl)c2)c(OC)c1. The minimum absolute atomic E-state index is 0.0865. The molecule has 0 atom stereocenters. The third-order valence-electron chi connectivity index (χ3n) is 3.63. The molecular weight excluding hydrogens is 352 g/mol. The highest BCUT2D eigenvalue weighted by molar-refractivity contribution is 6.30. The number of hydrogen-bond donors (Lipinski definition) is 1. The molecule has 138 valence electrons. The van der Waals surface area contributed by atoms with Gasteiger partial charge in [-0.1, -0.05) is 37.1 Å². The minimum atomic E-state index is -0.0865. The Hall–Kier alpha value is -2.53. The maximum Gasteiger partial charge on any atom is 0.240 e. The van der Waals surface area contributed by atoms with Gasteiger partial charge in [-0.15, -0.1) is 0 Å². The van der Waals surface area contributed by atoms with Crippen LogP contribution in [-0.4, -0.2) is 19.2 Å². The van der Waals surface area contributed by atoms with Crippen LogP contribution >= 0.6 is 11.6 Å². The van der Waals surface area contributed by atoms with Crippen LogP contribution in [-0.2, 0) is 11.4 Å². The number of benzene rings is 2. The second kappa shape index (κ2) is 10.5. The molecule has 0 unspecified atom stereocenters. The van der Waals surface area contributed by atoms with Gasteiger partial charge in [-0.2, -0.15) is 5.10 Å². The Morgan fingerprint density at radius 1 is 1.23 bits per heavy atom. The van der Waals surface area contributed by atoms with Crippen LogP contribution in [0, 0.1) is 0 Å². The summed E-state index contributed by atoms with van der Waals surface area (Å²) in [7, 11) is 1.58. The number of nitrogens with one attached hydrogen (secondary N) is 1. The molecule has 0 spiro atoms. The van der Waals surface area contributed by atoms with Gasteiger partial charge in [-0.25, -0.2) is 5.43 Å². The summed E-state index contributed by atoms with van der Waals surface area (Å²) in [4.78, 5) is 11.5. The molecule has 0 saturated heterocycles. The van der Waals surface area contributed by atoms with Crippen molar-refractivity contribution in [2.24, 2.45) is 5.10 Å². The predicted molar refractivity (Wildman–Crippen MR) is 104 cm³/mol. The van der Waals surface area contributed by atoms with Crippen LogP contribution in [0.1, 0.15) is 37.3 Å². The highest BCUT2D eigenvalue weighted by atomic mass is 35.5. The van der Waals surface area contributed by atoms with Crippen LogP contribution in [0.4, 0.5) is 0 Å². The molecular formula is C20H23ClN2O3. The van der Waals surface area contributed by atoms with E-state index in [1.165, 1.54) is 0 Å². The lowest BCUT2D eigenvalue weighted by molar-refractivity contribution is -0.121. The van der Waals surface area contributed by atoms with Crippen LogP contribution in [0.3, 0.4) is 0 Å². The zero-order valence-corrected chi connectivity index (χ0v) is 15.8. The van der Waals surface area contributed by atoms with Crippen LogP contribution in [0.25, 0.3) is 0 Å². The number of rotatable bonds is 9. The summed E-state index contributed by atoms with van der Waals surface area (Å²) in [6.07, 6.45) is 3.89. The lowest BCUT2D eigenvalue weighted by Crippen LogP contribution is -2.16. The Morgan fingerprint density at radius 2 is 2.08 bits per heavy atom. The van der Waals surface area contributed by atoms with Crippen molar-refractivity contribution < 1.29 is 14.3 Å². The minimum Gasteiger partial charge on any atom is -0.493 e. The van der Waals surface area contributed by atoms with Crippen molar-refractivity contribution in [3.8, 4) is 11.5 Å². The maximum absolute atomic E-state index is 11.5. The molecule has 0 heterocycles. The summed E-state index contributed by atoms with van der Waals surface area (Å²) in [5.41, 5.74) is 4.29. The van der Waals surface area contributed by atoms with Gasteiger partial charge >= 0.3 is 0 Å². The third-order valence-corrected chi connectivity index (χ3v) is 3.87. The summed E-state index contributed by atoms with van der Waals surface area (Å²) in [6, 6.07) is 13.0. The Kier molecular flexibility index (Phi) is 7.96. The first kappa shape index (κ1) is 19.8. The second-order valence-corrected chi connectivity index (χ2v) is 6.16. The molecule has 6 heteroatoms. The molecule has 0 fully saturated rings. The van der Waals surface area contributed by atoms with Gasteiger partial charge in [0.25, 0.3) is 0 Å². The van der Waals surface area contributed by atoms with Crippen molar-refractivity contribution in [1.82, 2.24) is 5.43 Å². The summed E-state index contributed by atoms with van der Waals surface area (Å²) in [5, 5.41) is 4.64. The molecule has 0 aromatic heterocycles. The molecule has 0 radical (unpaired) electrons. The van der Waals surface area contributed by atoms with Gasteiger partial charge < -0.3 is 9.47 Å². The van der Waals surface area contributed by atoms with E-state index < -0.39 is 0 Å². The normalized spacial score (nSPS) is 10.7. The van der Waals surface area contributed by atoms with Gasteiger partial charge in [0.1, 0.15) is 6.61 Å². The number of amides is 1. The number of hydrazone groups is 1. The number of nitrogens with zero attached hydrogens (tertiary/aromatic N) is 1. The maximum atomic E-state index is 11.5. The number of methoxy groups -OCH3 is 1. The zero-order chi connectivity index (χ0) is 18.8. The van der Waals surface area contributed by atoms with Crippen LogP contribution in [0.2, 0.25) is 5.02 Å². The van der Waals surface area contributed by atoms with Crippen molar-refractivity contribution in [2.75, 3.05) is 7.11 Å². The van der Waals surface area contributed by atoms with E-state index in [1.54, 1.807) is 19.4 Å². The first-order valence-electron chi connectivity index (χ1n) is 8.49. The van der Waals surface area contributed by atoms with Gasteiger partial charge in [0.15, 0.2) is 11.5 Å². The number of unbranched alkanes of at least 4 members (excludes halogenated alkanes) is 1. The largest absolute Gasteiger partial charge is 0.493 e. The second-order valence-electron chi connectivity index (χ2n) is 5.73. The van der Waals surface area contributed by atoms with E-state index in [4.69, 9.17) is 21.1 Å². The molecule has 2 rings (SSSR count). The monoisotopic (exact) mass is 374 g/mol. The first-order chi connectivity index (χ1) is 12.6. The smallest absolute Gasteiger partial charge is 0.240 e. The Morgan fingerprint density at radius 3 is 2.81 bits per heavy atom. The van der Waals surface area contributed by atoms with Crippen molar-refractivity contribution in [3.05, 3.63) is 58.6 Å². The van der Waals surface area contributed by atoms with E-state index in [1.807, 2.05) is 43.3 Å². The Bertz CT molecular complexity index is 762. The van der Waals surface area contributed by atoms with E-state index >= 15 is 0 Å². The fourth-order valence-corrected chi connectivity index (χ4v) is 2.46. The number of ether oxygens (including phenoxy) is 2. The third kappa shape index (κ3) is 6.41. The highest BCUT2D eigenvalue weighted by Crippen LogP contribution is 2.28. The zero-order valence-electron chi connectivity index (χ0n) is 15.0. The molecule has 0 aliphatic heterocycles. The standard InChI is InChI=1S/C20H23ClN2O3/c1-3-4-8-20(24)23-22-13-15-9-10-18(19(12-15)25-2)26-14-16-6-5-7-17(21)11-16/h5-7,9-13H,3-4,8,14H2,1-2H3,(H,23,24)/b22-13+. The molecule has 1 amide bonds. The number of hydrogen-bond acceptors (Lipinski definition) is 4. The summed E-state index contributed by atoms with van der Waals surface area (Å²) in [5.74, 6) is 1.13.